The predicted molar refractivity (Wildman–Crippen MR) is 60.3 cm³/mol. The summed E-state index contributed by atoms with van der Waals surface area (Å²) in [5.74, 6) is 0. The Hall–Kier alpha value is -0.130. The van der Waals surface area contributed by atoms with E-state index >= 15 is 0 Å². The standard InChI is InChI=1S/C10H21NO3S/c1-9(2)15(12,13)11-7-4-5-10(11)6-8-14-3/h9-10H,4-8H2,1-3H3/t10-/m1/s1. The van der Waals surface area contributed by atoms with Crippen molar-refractivity contribution in [3.05, 3.63) is 0 Å². The Morgan fingerprint density at radius 2 is 2.13 bits per heavy atom. The van der Waals surface area contributed by atoms with Gasteiger partial charge in [-0.15, -0.1) is 0 Å². The Balaban J connectivity index is 2.68. The summed E-state index contributed by atoms with van der Waals surface area (Å²) in [6.07, 6.45) is 2.75. The Kier molecular flexibility index (Phi) is 4.55. The molecule has 0 radical (unpaired) electrons. The minimum absolute atomic E-state index is 0.150. The summed E-state index contributed by atoms with van der Waals surface area (Å²) < 4.78 is 30.6. The van der Waals surface area contributed by atoms with Crippen molar-refractivity contribution in [2.75, 3.05) is 20.3 Å². The van der Waals surface area contributed by atoms with Crippen LogP contribution in [0.2, 0.25) is 0 Å². The van der Waals surface area contributed by atoms with Gasteiger partial charge in [0.25, 0.3) is 0 Å². The van der Waals surface area contributed by atoms with Gasteiger partial charge in [0.15, 0.2) is 0 Å². The van der Waals surface area contributed by atoms with Crippen LogP contribution in [0.5, 0.6) is 0 Å². The van der Waals surface area contributed by atoms with Gasteiger partial charge in [0, 0.05) is 26.3 Å². The zero-order chi connectivity index (χ0) is 11.5. The summed E-state index contributed by atoms with van der Waals surface area (Å²) in [6, 6.07) is 0.150. The smallest absolute Gasteiger partial charge is 0.216 e. The van der Waals surface area contributed by atoms with Crippen molar-refractivity contribution in [3.63, 3.8) is 0 Å². The summed E-state index contributed by atoms with van der Waals surface area (Å²) >= 11 is 0. The topological polar surface area (TPSA) is 46.6 Å². The minimum atomic E-state index is -3.08. The van der Waals surface area contributed by atoms with Crippen LogP contribution in [0.3, 0.4) is 0 Å². The van der Waals surface area contributed by atoms with Gasteiger partial charge in [0.05, 0.1) is 5.25 Å². The first-order chi connectivity index (χ1) is 7.00. The van der Waals surface area contributed by atoms with Gasteiger partial charge < -0.3 is 4.74 Å². The van der Waals surface area contributed by atoms with E-state index in [0.717, 1.165) is 19.3 Å². The Morgan fingerprint density at radius 1 is 1.47 bits per heavy atom. The molecule has 5 heteroatoms. The molecule has 0 bridgehead atoms. The van der Waals surface area contributed by atoms with Gasteiger partial charge in [-0.05, 0) is 33.1 Å². The summed E-state index contributed by atoms with van der Waals surface area (Å²) in [4.78, 5) is 0. The average molecular weight is 235 g/mol. The van der Waals surface area contributed by atoms with Crippen molar-refractivity contribution in [1.29, 1.82) is 0 Å². The third kappa shape index (κ3) is 2.92. The molecule has 1 heterocycles. The number of hydrogen-bond donors (Lipinski definition) is 0. The van der Waals surface area contributed by atoms with E-state index in [0.29, 0.717) is 13.2 Å². The first-order valence-electron chi connectivity index (χ1n) is 5.49. The van der Waals surface area contributed by atoms with Crippen LogP contribution in [-0.4, -0.2) is 44.3 Å². The molecule has 0 amide bonds. The van der Waals surface area contributed by atoms with Gasteiger partial charge in [-0.1, -0.05) is 0 Å². The largest absolute Gasteiger partial charge is 0.385 e. The highest BCUT2D eigenvalue weighted by atomic mass is 32.2. The van der Waals surface area contributed by atoms with Crippen LogP contribution < -0.4 is 0 Å². The molecule has 0 unspecified atom stereocenters. The van der Waals surface area contributed by atoms with E-state index < -0.39 is 10.0 Å². The van der Waals surface area contributed by atoms with Crippen LogP contribution in [-0.2, 0) is 14.8 Å². The first-order valence-corrected chi connectivity index (χ1v) is 7.00. The summed E-state index contributed by atoms with van der Waals surface area (Å²) in [6.45, 7) is 4.78. The van der Waals surface area contributed by atoms with Crippen LogP contribution >= 0.6 is 0 Å². The monoisotopic (exact) mass is 235 g/mol. The predicted octanol–water partition coefficient (Wildman–Crippen LogP) is 1.23. The number of methoxy groups -OCH3 is 1. The molecule has 0 saturated carbocycles. The van der Waals surface area contributed by atoms with Crippen molar-refractivity contribution >= 4 is 10.0 Å². The molecule has 1 aliphatic rings. The number of ether oxygens (including phenoxy) is 1. The van der Waals surface area contributed by atoms with Crippen LogP contribution in [0.4, 0.5) is 0 Å². The molecular formula is C10H21NO3S. The van der Waals surface area contributed by atoms with E-state index in [9.17, 15) is 8.42 Å². The second-order valence-corrected chi connectivity index (χ2v) is 6.72. The maximum absolute atomic E-state index is 12.0. The van der Waals surface area contributed by atoms with Crippen LogP contribution in [0, 0.1) is 0 Å². The molecule has 15 heavy (non-hydrogen) atoms. The molecule has 0 aliphatic carbocycles. The zero-order valence-electron chi connectivity index (χ0n) is 9.77. The number of hydrogen-bond acceptors (Lipinski definition) is 3. The Bertz CT molecular complexity index is 287. The second-order valence-electron chi connectivity index (χ2n) is 4.28. The maximum Gasteiger partial charge on any atom is 0.216 e. The van der Waals surface area contributed by atoms with Crippen molar-refractivity contribution < 1.29 is 13.2 Å². The van der Waals surface area contributed by atoms with Crippen LogP contribution in [0.1, 0.15) is 33.1 Å². The lowest BCUT2D eigenvalue weighted by molar-refractivity contribution is 0.174. The lowest BCUT2D eigenvalue weighted by Crippen LogP contribution is -2.40. The Morgan fingerprint density at radius 3 is 2.67 bits per heavy atom. The molecule has 90 valence electrons. The molecule has 1 aliphatic heterocycles. The molecule has 1 atom stereocenters. The van der Waals surface area contributed by atoms with E-state index in [4.69, 9.17) is 4.74 Å². The van der Waals surface area contributed by atoms with Gasteiger partial charge >= 0.3 is 0 Å². The second kappa shape index (κ2) is 5.27. The lowest BCUT2D eigenvalue weighted by Gasteiger charge is -2.25. The Labute approximate surface area is 92.7 Å². The lowest BCUT2D eigenvalue weighted by atomic mass is 10.2. The molecule has 0 aromatic carbocycles. The van der Waals surface area contributed by atoms with Gasteiger partial charge in [-0.25, -0.2) is 8.42 Å². The van der Waals surface area contributed by atoms with Gasteiger partial charge in [0.1, 0.15) is 0 Å². The van der Waals surface area contributed by atoms with E-state index in [2.05, 4.69) is 0 Å². The number of nitrogens with zero attached hydrogens (tertiary/aromatic N) is 1. The maximum atomic E-state index is 12.0. The third-order valence-electron chi connectivity index (χ3n) is 2.90. The van der Waals surface area contributed by atoms with Gasteiger partial charge in [0.2, 0.25) is 10.0 Å². The molecule has 4 nitrogen and oxygen atoms in total. The fourth-order valence-electron chi connectivity index (χ4n) is 1.96. The van der Waals surface area contributed by atoms with E-state index in [1.165, 1.54) is 0 Å². The molecule has 0 aromatic rings. The average Bonchev–Trinajstić information content (AvgIpc) is 2.62. The van der Waals surface area contributed by atoms with Gasteiger partial charge in [-0.2, -0.15) is 4.31 Å². The van der Waals surface area contributed by atoms with Crippen LogP contribution in [0.15, 0.2) is 0 Å². The number of rotatable bonds is 5. The normalized spacial score (nSPS) is 23.9. The highest BCUT2D eigenvalue weighted by molar-refractivity contribution is 7.89. The van der Waals surface area contributed by atoms with Crippen molar-refractivity contribution in [3.8, 4) is 0 Å². The SMILES string of the molecule is COCC[C@H]1CCCN1S(=O)(=O)C(C)C. The van der Waals surface area contributed by atoms with E-state index in [1.807, 2.05) is 0 Å². The van der Waals surface area contributed by atoms with Crippen molar-refractivity contribution in [1.82, 2.24) is 4.31 Å². The number of sulfonamides is 1. The van der Waals surface area contributed by atoms with Crippen molar-refractivity contribution in [2.45, 2.75) is 44.4 Å². The molecular weight excluding hydrogens is 214 g/mol. The van der Waals surface area contributed by atoms with E-state index in [-0.39, 0.29) is 11.3 Å². The molecule has 1 fully saturated rings. The highest BCUT2D eigenvalue weighted by Crippen LogP contribution is 2.25. The summed E-state index contributed by atoms with van der Waals surface area (Å²) in [7, 11) is -1.43. The third-order valence-corrected chi connectivity index (χ3v) is 5.23. The minimum Gasteiger partial charge on any atom is -0.385 e. The van der Waals surface area contributed by atoms with Crippen LogP contribution in [0.25, 0.3) is 0 Å². The molecule has 0 N–H and O–H groups in total. The zero-order valence-corrected chi connectivity index (χ0v) is 10.6. The van der Waals surface area contributed by atoms with Crippen molar-refractivity contribution in [2.24, 2.45) is 0 Å². The quantitative estimate of drug-likeness (QED) is 0.720. The molecule has 1 rings (SSSR count). The highest BCUT2D eigenvalue weighted by Gasteiger charge is 2.35. The fourth-order valence-corrected chi connectivity index (χ4v) is 3.51. The van der Waals surface area contributed by atoms with E-state index in [1.54, 1.807) is 25.3 Å². The first kappa shape index (κ1) is 12.9. The molecule has 0 aromatic heterocycles. The van der Waals surface area contributed by atoms with Gasteiger partial charge in [-0.3, -0.25) is 0 Å². The molecule has 0 spiro atoms. The fraction of sp³-hybridized carbons (Fsp3) is 1.00. The summed E-state index contributed by atoms with van der Waals surface area (Å²) in [5, 5.41) is -0.319. The summed E-state index contributed by atoms with van der Waals surface area (Å²) in [5.41, 5.74) is 0. The molecule has 1 saturated heterocycles.